The van der Waals surface area contributed by atoms with Crippen molar-refractivity contribution >= 4 is 17.9 Å². The average Bonchev–Trinajstić information content (AvgIpc) is 3.07. The predicted molar refractivity (Wildman–Crippen MR) is 85.8 cm³/mol. The number of amides is 3. The van der Waals surface area contributed by atoms with E-state index >= 15 is 0 Å². The summed E-state index contributed by atoms with van der Waals surface area (Å²) in [6, 6.07) is 0. The molecule has 0 bridgehead atoms. The van der Waals surface area contributed by atoms with Crippen molar-refractivity contribution in [2.45, 2.75) is 58.2 Å². The summed E-state index contributed by atoms with van der Waals surface area (Å²) in [6.45, 7) is 6.70. The van der Waals surface area contributed by atoms with Gasteiger partial charge in [-0.3, -0.25) is 14.6 Å². The Balaban J connectivity index is 1.72. The zero-order valence-corrected chi connectivity index (χ0v) is 14.6. The molecule has 0 aromatic carbocycles. The highest BCUT2D eigenvalue weighted by Crippen LogP contribution is 2.18. The maximum atomic E-state index is 12.2. The average molecular weight is 341 g/mol. The third-order valence-corrected chi connectivity index (χ3v) is 3.91. The number of hydrogen-bond acceptors (Lipinski definition) is 5. The van der Waals surface area contributed by atoms with Crippen LogP contribution in [0, 0.1) is 5.92 Å². The van der Waals surface area contributed by atoms with E-state index in [4.69, 9.17) is 9.47 Å². The molecule has 136 valence electrons. The van der Waals surface area contributed by atoms with Gasteiger partial charge in [-0.05, 0) is 40.0 Å². The molecule has 2 N–H and O–H groups in total. The Bertz CT molecular complexity index is 483. The minimum absolute atomic E-state index is 0.0849. The van der Waals surface area contributed by atoms with Crippen LogP contribution in [0.5, 0.6) is 0 Å². The molecule has 2 rings (SSSR count). The van der Waals surface area contributed by atoms with Crippen molar-refractivity contribution in [1.29, 1.82) is 0 Å². The van der Waals surface area contributed by atoms with Gasteiger partial charge in [0, 0.05) is 19.6 Å². The van der Waals surface area contributed by atoms with Gasteiger partial charge in [0.05, 0.1) is 18.6 Å². The first kappa shape index (κ1) is 18.5. The summed E-state index contributed by atoms with van der Waals surface area (Å²) in [5.74, 6) is -0.924. The van der Waals surface area contributed by atoms with Crippen LogP contribution in [0.2, 0.25) is 0 Å². The van der Waals surface area contributed by atoms with Crippen molar-refractivity contribution in [3.8, 4) is 0 Å². The van der Waals surface area contributed by atoms with E-state index < -0.39 is 17.6 Å². The predicted octanol–water partition coefficient (Wildman–Crippen LogP) is 0.960. The van der Waals surface area contributed by atoms with Crippen LogP contribution in [-0.2, 0) is 19.1 Å². The number of hydrazine groups is 1. The van der Waals surface area contributed by atoms with Crippen molar-refractivity contribution in [3.63, 3.8) is 0 Å². The quantitative estimate of drug-likeness (QED) is 0.776. The molecule has 8 nitrogen and oxygen atoms in total. The van der Waals surface area contributed by atoms with Crippen LogP contribution in [0.3, 0.4) is 0 Å². The van der Waals surface area contributed by atoms with Crippen molar-refractivity contribution in [3.05, 3.63) is 0 Å². The number of rotatable bonds is 5. The van der Waals surface area contributed by atoms with Gasteiger partial charge in [0.1, 0.15) is 5.60 Å². The maximum absolute atomic E-state index is 12.2. The summed E-state index contributed by atoms with van der Waals surface area (Å²) in [5, 5.41) is 3.99. The number of nitrogens with one attached hydrogen (secondary N) is 2. The van der Waals surface area contributed by atoms with E-state index in [0.717, 1.165) is 30.9 Å². The molecule has 0 aromatic heterocycles. The van der Waals surface area contributed by atoms with Crippen LogP contribution < -0.4 is 10.7 Å². The zero-order valence-electron chi connectivity index (χ0n) is 14.6. The molecular weight excluding hydrogens is 314 g/mol. The molecule has 0 saturated carbocycles. The number of carbonyl (C=O) groups excluding carboxylic acids is 3. The summed E-state index contributed by atoms with van der Waals surface area (Å²) >= 11 is 0. The van der Waals surface area contributed by atoms with E-state index in [2.05, 4.69) is 10.7 Å². The first-order valence-electron chi connectivity index (χ1n) is 8.44. The van der Waals surface area contributed by atoms with Gasteiger partial charge in [-0.25, -0.2) is 10.2 Å². The van der Waals surface area contributed by atoms with Gasteiger partial charge in [-0.15, -0.1) is 0 Å². The number of ether oxygens (including phenoxy) is 2. The third kappa shape index (κ3) is 5.67. The van der Waals surface area contributed by atoms with E-state index in [0.29, 0.717) is 6.54 Å². The van der Waals surface area contributed by atoms with E-state index in [1.54, 1.807) is 20.8 Å². The summed E-state index contributed by atoms with van der Waals surface area (Å²) < 4.78 is 10.6. The van der Waals surface area contributed by atoms with Crippen molar-refractivity contribution in [1.82, 2.24) is 15.8 Å². The molecule has 0 unspecified atom stereocenters. The maximum Gasteiger partial charge on any atom is 0.426 e. The SMILES string of the molecule is CC(C)(C)OC(=O)NN1C[C@@H](C(=O)NCC[C@H]2CCCO2)CC1=O. The molecule has 2 aliphatic heterocycles. The summed E-state index contributed by atoms with van der Waals surface area (Å²) in [5.41, 5.74) is 1.75. The Morgan fingerprint density at radius 3 is 2.75 bits per heavy atom. The molecule has 3 amide bonds. The van der Waals surface area contributed by atoms with E-state index in [9.17, 15) is 14.4 Å². The monoisotopic (exact) mass is 341 g/mol. The second-order valence-electron chi connectivity index (χ2n) is 7.23. The number of carbonyl (C=O) groups is 3. The first-order valence-corrected chi connectivity index (χ1v) is 8.44. The second kappa shape index (κ2) is 7.83. The highest BCUT2D eigenvalue weighted by molar-refractivity contribution is 5.90. The Labute approximate surface area is 142 Å². The minimum atomic E-state index is -0.699. The molecule has 2 atom stereocenters. The van der Waals surface area contributed by atoms with Crippen LogP contribution in [0.4, 0.5) is 4.79 Å². The van der Waals surface area contributed by atoms with Gasteiger partial charge in [-0.2, -0.15) is 0 Å². The summed E-state index contributed by atoms with van der Waals surface area (Å²) in [7, 11) is 0. The lowest BCUT2D eigenvalue weighted by Gasteiger charge is -2.23. The fourth-order valence-corrected chi connectivity index (χ4v) is 2.78. The van der Waals surface area contributed by atoms with E-state index in [1.807, 2.05) is 0 Å². The number of hydrogen-bond donors (Lipinski definition) is 2. The Hall–Kier alpha value is -1.83. The van der Waals surface area contributed by atoms with E-state index in [1.165, 1.54) is 0 Å². The molecule has 8 heteroatoms. The fourth-order valence-electron chi connectivity index (χ4n) is 2.78. The lowest BCUT2D eigenvalue weighted by Crippen LogP contribution is -2.46. The van der Waals surface area contributed by atoms with Crippen LogP contribution in [-0.4, -0.2) is 54.3 Å². The van der Waals surface area contributed by atoms with Gasteiger partial charge >= 0.3 is 6.09 Å². The molecule has 2 fully saturated rings. The van der Waals surface area contributed by atoms with E-state index in [-0.39, 0.29) is 30.9 Å². The molecule has 0 aromatic rings. The molecule has 0 spiro atoms. The Morgan fingerprint density at radius 2 is 2.12 bits per heavy atom. The van der Waals surface area contributed by atoms with Crippen LogP contribution in [0.1, 0.15) is 46.5 Å². The van der Waals surface area contributed by atoms with Gasteiger partial charge < -0.3 is 14.8 Å². The second-order valence-corrected chi connectivity index (χ2v) is 7.23. The lowest BCUT2D eigenvalue weighted by molar-refractivity contribution is -0.130. The van der Waals surface area contributed by atoms with Gasteiger partial charge in [-0.1, -0.05) is 0 Å². The normalized spacial score (nSPS) is 24.1. The first-order chi connectivity index (χ1) is 11.2. The van der Waals surface area contributed by atoms with Gasteiger partial charge in [0.15, 0.2) is 0 Å². The van der Waals surface area contributed by atoms with Gasteiger partial charge in [0.25, 0.3) is 0 Å². The number of nitrogens with zero attached hydrogens (tertiary/aromatic N) is 1. The summed E-state index contributed by atoms with van der Waals surface area (Å²) in [6.07, 6.45) is 2.50. The highest BCUT2D eigenvalue weighted by Gasteiger charge is 2.36. The molecule has 2 saturated heterocycles. The van der Waals surface area contributed by atoms with Crippen molar-refractivity contribution in [2.75, 3.05) is 19.7 Å². The fraction of sp³-hybridized carbons (Fsp3) is 0.812. The van der Waals surface area contributed by atoms with Crippen molar-refractivity contribution in [2.24, 2.45) is 5.92 Å². The Morgan fingerprint density at radius 1 is 1.38 bits per heavy atom. The smallest absolute Gasteiger partial charge is 0.426 e. The topological polar surface area (TPSA) is 97.0 Å². The molecule has 0 radical (unpaired) electrons. The van der Waals surface area contributed by atoms with Crippen LogP contribution in [0.25, 0.3) is 0 Å². The zero-order chi connectivity index (χ0) is 17.7. The third-order valence-electron chi connectivity index (χ3n) is 3.91. The van der Waals surface area contributed by atoms with Crippen LogP contribution >= 0.6 is 0 Å². The standard InChI is InChI=1S/C16H27N3O5/c1-16(2,3)24-15(22)18-19-10-11(9-13(19)20)14(21)17-7-6-12-5-4-8-23-12/h11-12H,4-10H2,1-3H3,(H,17,21)(H,18,22)/t11-,12+/m0/s1. The lowest BCUT2D eigenvalue weighted by atomic mass is 10.1. The van der Waals surface area contributed by atoms with Crippen LogP contribution in [0.15, 0.2) is 0 Å². The molecule has 2 heterocycles. The van der Waals surface area contributed by atoms with Crippen molar-refractivity contribution < 1.29 is 23.9 Å². The minimum Gasteiger partial charge on any atom is -0.443 e. The molecular formula is C16H27N3O5. The largest absolute Gasteiger partial charge is 0.443 e. The molecule has 0 aliphatic carbocycles. The molecule has 24 heavy (non-hydrogen) atoms. The van der Waals surface area contributed by atoms with Gasteiger partial charge in [0.2, 0.25) is 11.8 Å². The molecule has 2 aliphatic rings. The Kier molecular flexibility index (Phi) is 6.04. The highest BCUT2D eigenvalue weighted by atomic mass is 16.6. The summed E-state index contributed by atoms with van der Waals surface area (Å²) in [4.78, 5) is 35.8.